The van der Waals surface area contributed by atoms with Crippen LogP contribution in [-0.2, 0) is 4.74 Å². The molecule has 0 heterocycles. The molecular weight excluding hydrogens is 152 g/mol. The molecule has 0 saturated heterocycles. The van der Waals surface area contributed by atoms with Crippen molar-refractivity contribution in [2.75, 3.05) is 27.2 Å². The highest BCUT2D eigenvalue weighted by Crippen LogP contribution is 2.05. The third-order valence-electron chi connectivity index (χ3n) is 1.21. The molecule has 4 heteroatoms. The van der Waals surface area contributed by atoms with Crippen molar-refractivity contribution < 1.29 is 13.5 Å². The Hall–Kier alpha value is -0.220. The summed E-state index contributed by atoms with van der Waals surface area (Å²) in [5, 5.41) is 0. The van der Waals surface area contributed by atoms with Gasteiger partial charge in [-0.1, -0.05) is 0 Å². The van der Waals surface area contributed by atoms with Gasteiger partial charge >= 0.3 is 6.61 Å². The second-order valence-corrected chi connectivity index (χ2v) is 2.58. The van der Waals surface area contributed by atoms with E-state index < -0.39 is 6.61 Å². The molecule has 0 aliphatic carbocycles. The van der Waals surface area contributed by atoms with Gasteiger partial charge in [0.2, 0.25) is 0 Å². The molecule has 0 bridgehead atoms. The molecule has 0 unspecified atom stereocenters. The maximum Gasteiger partial charge on any atom is 0.448 e. The number of hydrogen-bond donors (Lipinski definition) is 0. The number of nitrogens with zero attached hydrogens (tertiary/aromatic N) is 1. The Morgan fingerprint density at radius 3 is 2.36 bits per heavy atom. The summed E-state index contributed by atoms with van der Waals surface area (Å²) in [7, 11) is 3.89. The maximum absolute atomic E-state index is 11.3. The number of rotatable bonds is 6. The Kier molecular flexibility index (Phi) is 6.36. The van der Waals surface area contributed by atoms with Crippen molar-refractivity contribution in [3.05, 3.63) is 6.61 Å². The Labute approximate surface area is 66.1 Å². The highest BCUT2D eigenvalue weighted by Gasteiger charge is 2.03. The van der Waals surface area contributed by atoms with Gasteiger partial charge in [-0.05, 0) is 33.5 Å². The van der Waals surface area contributed by atoms with Crippen molar-refractivity contribution in [3.8, 4) is 0 Å². The number of hydrogen-bond acceptors (Lipinski definition) is 2. The maximum atomic E-state index is 11.3. The summed E-state index contributed by atoms with van der Waals surface area (Å²) in [4.78, 5) is 2.01. The topological polar surface area (TPSA) is 12.5 Å². The monoisotopic (exact) mass is 166 g/mol. The van der Waals surface area contributed by atoms with Crippen molar-refractivity contribution in [1.82, 2.24) is 4.90 Å². The first-order valence-corrected chi connectivity index (χ1v) is 3.58. The summed E-state index contributed by atoms with van der Waals surface area (Å²) in [6.07, 6.45) is 1.57. The fraction of sp³-hybridized carbons (Fsp3) is 0.857. The van der Waals surface area contributed by atoms with E-state index in [2.05, 4.69) is 4.74 Å². The quantitative estimate of drug-likeness (QED) is 0.557. The molecule has 1 radical (unpaired) electrons. The van der Waals surface area contributed by atoms with Gasteiger partial charge in [-0.15, -0.1) is 0 Å². The van der Waals surface area contributed by atoms with Crippen LogP contribution in [-0.4, -0.2) is 32.1 Å². The van der Waals surface area contributed by atoms with Crippen LogP contribution in [0.5, 0.6) is 0 Å². The molecule has 0 fully saturated rings. The Bertz CT molecular complexity index is 78.5. The van der Waals surface area contributed by atoms with Crippen LogP contribution in [0.2, 0.25) is 0 Å². The van der Waals surface area contributed by atoms with Gasteiger partial charge in [0.15, 0.2) is 0 Å². The van der Waals surface area contributed by atoms with E-state index in [0.29, 0.717) is 6.42 Å². The molecule has 0 aromatic heterocycles. The van der Waals surface area contributed by atoms with E-state index in [-0.39, 0.29) is 6.61 Å². The van der Waals surface area contributed by atoms with E-state index in [1.807, 2.05) is 19.0 Å². The van der Waals surface area contributed by atoms with Crippen LogP contribution < -0.4 is 0 Å². The van der Waals surface area contributed by atoms with Crippen LogP contribution in [0.4, 0.5) is 8.78 Å². The molecule has 0 N–H and O–H groups in total. The van der Waals surface area contributed by atoms with Crippen molar-refractivity contribution in [2.24, 2.45) is 0 Å². The van der Waals surface area contributed by atoms with E-state index in [1.54, 1.807) is 0 Å². The average molecular weight is 166 g/mol. The van der Waals surface area contributed by atoms with Crippen molar-refractivity contribution >= 4 is 0 Å². The molecule has 0 rings (SSSR count). The molecule has 0 saturated carbocycles. The molecule has 2 nitrogen and oxygen atoms in total. The third-order valence-corrected chi connectivity index (χ3v) is 1.21. The van der Waals surface area contributed by atoms with Gasteiger partial charge in [0, 0.05) is 0 Å². The molecule has 0 atom stereocenters. The summed E-state index contributed by atoms with van der Waals surface area (Å²) in [6.45, 7) is -0.900. The van der Waals surface area contributed by atoms with Crippen molar-refractivity contribution in [3.63, 3.8) is 0 Å². The number of ether oxygens (including phenoxy) is 1. The summed E-state index contributed by atoms with van der Waals surface area (Å²) < 4.78 is 26.6. The third kappa shape index (κ3) is 9.78. The van der Waals surface area contributed by atoms with E-state index in [4.69, 9.17) is 0 Å². The van der Waals surface area contributed by atoms with Gasteiger partial charge in [0.1, 0.15) is 0 Å². The first-order chi connectivity index (χ1) is 5.13. The zero-order valence-corrected chi connectivity index (χ0v) is 6.94. The summed E-state index contributed by atoms with van der Waals surface area (Å²) in [6, 6.07) is 0. The van der Waals surface area contributed by atoms with Gasteiger partial charge < -0.3 is 9.64 Å². The SMILES string of the molecule is CN(C)CCCCO[C](F)F. The highest BCUT2D eigenvalue weighted by molar-refractivity contribution is 4.46. The second kappa shape index (κ2) is 6.49. The lowest BCUT2D eigenvalue weighted by Crippen LogP contribution is -2.13. The van der Waals surface area contributed by atoms with Crippen molar-refractivity contribution in [1.29, 1.82) is 0 Å². The van der Waals surface area contributed by atoms with Crippen LogP contribution >= 0.6 is 0 Å². The van der Waals surface area contributed by atoms with Crippen molar-refractivity contribution in [2.45, 2.75) is 12.8 Å². The average Bonchev–Trinajstić information content (AvgIpc) is 1.85. The zero-order chi connectivity index (χ0) is 8.69. The summed E-state index contributed by atoms with van der Waals surface area (Å²) in [5.41, 5.74) is 0. The largest absolute Gasteiger partial charge is 0.448 e. The Morgan fingerprint density at radius 1 is 1.27 bits per heavy atom. The van der Waals surface area contributed by atoms with E-state index in [9.17, 15) is 8.78 Å². The minimum atomic E-state index is -1.94. The van der Waals surface area contributed by atoms with Gasteiger partial charge in [0.25, 0.3) is 0 Å². The highest BCUT2D eigenvalue weighted by atomic mass is 19.3. The molecule has 0 aliphatic rings. The molecule has 67 valence electrons. The minimum absolute atomic E-state index is 0.121. The molecule has 0 amide bonds. The molecular formula is C7H14F2NO. The predicted molar refractivity (Wildman–Crippen MR) is 39.2 cm³/mol. The summed E-state index contributed by atoms with van der Waals surface area (Å²) in [5.74, 6) is 0. The van der Waals surface area contributed by atoms with Gasteiger partial charge in [-0.3, -0.25) is 0 Å². The van der Waals surface area contributed by atoms with E-state index in [0.717, 1.165) is 13.0 Å². The fourth-order valence-electron chi connectivity index (χ4n) is 0.679. The summed E-state index contributed by atoms with van der Waals surface area (Å²) >= 11 is 0. The van der Waals surface area contributed by atoms with Crippen LogP contribution in [0, 0.1) is 6.61 Å². The lowest BCUT2D eigenvalue weighted by Gasteiger charge is -2.08. The van der Waals surface area contributed by atoms with Gasteiger partial charge in [-0.25, -0.2) is 0 Å². The van der Waals surface area contributed by atoms with Crippen LogP contribution in [0.3, 0.4) is 0 Å². The van der Waals surface area contributed by atoms with E-state index in [1.165, 1.54) is 0 Å². The molecule has 0 aliphatic heterocycles. The van der Waals surface area contributed by atoms with Gasteiger partial charge in [0.05, 0.1) is 6.61 Å². The molecule has 0 aromatic carbocycles. The van der Waals surface area contributed by atoms with Crippen LogP contribution in [0.15, 0.2) is 0 Å². The lowest BCUT2D eigenvalue weighted by atomic mass is 10.3. The normalized spacial score (nSPS) is 11.5. The predicted octanol–water partition coefficient (Wildman–Crippen LogP) is 1.73. The second-order valence-electron chi connectivity index (χ2n) is 2.58. The smallest absolute Gasteiger partial charge is 0.313 e. The first kappa shape index (κ1) is 10.8. The zero-order valence-electron chi connectivity index (χ0n) is 6.94. The Morgan fingerprint density at radius 2 is 1.91 bits per heavy atom. The lowest BCUT2D eigenvalue weighted by molar-refractivity contribution is -0.0208. The molecule has 0 spiro atoms. The first-order valence-electron chi connectivity index (χ1n) is 3.58. The van der Waals surface area contributed by atoms with Crippen LogP contribution in [0.1, 0.15) is 12.8 Å². The van der Waals surface area contributed by atoms with E-state index >= 15 is 0 Å². The molecule has 11 heavy (non-hydrogen) atoms. The van der Waals surface area contributed by atoms with Gasteiger partial charge in [-0.2, -0.15) is 8.78 Å². The number of unbranched alkanes of at least 4 members (excludes halogenated alkanes) is 1. The molecule has 0 aromatic rings. The minimum Gasteiger partial charge on any atom is -0.313 e. The number of halogens is 2. The standard InChI is InChI=1S/C7H14F2NO/c1-10(2)5-3-4-6-11-7(8)9/h3-6H2,1-2H3. The van der Waals surface area contributed by atoms with Crippen LogP contribution in [0.25, 0.3) is 0 Å². The fourth-order valence-corrected chi connectivity index (χ4v) is 0.679. The Balaban J connectivity index is 2.91.